The summed E-state index contributed by atoms with van der Waals surface area (Å²) in [5, 5.41) is 9.81. The zero-order chi connectivity index (χ0) is 20.8. The van der Waals surface area contributed by atoms with Gasteiger partial charge in [0.25, 0.3) is 0 Å². The van der Waals surface area contributed by atoms with E-state index in [1.807, 2.05) is 18.2 Å². The molecule has 29 heavy (non-hydrogen) atoms. The van der Waals surface area contributed by atoms with Gasteiger partial charge in [-0.15, -0.1) is 0 Å². The van der Waals surface area contributed by atoms with Crippen molar-refractivity contribution >= 4 is 5.97 Å². The summed E-state index contributed by atoms with van der Waals surface area (Å²) in [6, 6.07) is 10.1. The Labute approximate surface area is 172 Å². The molecule has 0 aromatic heterocycles. The van der Waals surface area contributed by atoms with Gasteiger partial charge in [0.15, 0.2) is 0 Å². The van der Waals surface area contributed by atoms with Crippen LogP contribution in [0.2, 0.25) is 0 Å². The summed E-state index contributed by atoms with van der Waals surface area (Å²) in [5.74, 6) is -0.627. The first kappa shape index (κ1) is 20.9. The largest absolute Gasteiger partial charge is 0.463 e. The molecule has 1 aromatic carbocycles. The van der Waals surface area contributed by atoms with Crippen molar-refractivity contribution in [1.82, 2.24) is 4.90 Å². The molecule has 0 bridgehead atoms. The summed E-state index contributed by atoms with van der Waals surface area (Å²) in [5.41, 5.74) is 8.64. The quantitative estimate of drug-likeness (QED) is 0.765. The number of allylic oxidation sites excluding steroid dienone is 2. The molecule has 2 N–H and O–H groups in total. The number of rotatable bonds is 5. The Morgan fingerprint density at radius 1 is 1.28 bits per heavy atom. The first-order valence-corrected chi connectivity index (χ1v) is 10.3. The third kappa shape index (κ3) is 4.63. The molecule has 1 saturated heterocycles. The van der Waals surface area contributed by atoms with Crippen molar-refractivity contribution in [2.24, 2.45) is 5.73 Å². The van der Waals surface area contributed by atoms with Gasteiger partial charge >= 0.3 is 5.97 Å². The standard InChI is InChI=1S/C23H29N3O3/c1-3-28-23(27)20-16(2)29-22(25)19(14-24)21(20)18-11-7-6-10-17(18)15-26-12-8-4-5-9-13-26/h6-7,10-11,21H,3-5,8-9,12-13,15,25H2,1-2H3. The van der Waals surface area contributed by atoms with Gasteiger partial charge in [-0.25, -0.2) is 4.79 Å². The van der Waals surface area contributed by atoms with E-state index in [4.69, 9.17) is 15.2 Å². The van der Waals surface area contributed by atoms with Crippen molar-refractivity contribution in [3.63, 3.8) is 0 Å². The van der Waals surface area contributed by atoms with Crippen molar-refractivity contribution in [1.29, 1.82) is 5.26 Å². The maximum absolute atomic E-state index is 12.8. The molecule has 1 unspecified atom stereocenters. The molecule has 0 amide bonds. The molecule has 6 nitrogen and oxygen atoms in total. The minimum Gasteiger partial charge on any atom is -0.463 e. The van der Waals surface area contributed by atoms with Gasteiger partial charge in [-0.3, -0.25) is 4.90 Å². The number of carbonyl (C=O) groups excluding carboxylic acids is 1. The second-order valence-corrected chi connectivity index (χ2v) is 7.50. The Balaban J connectivity index is 2.04. The lowest BCUT2D eigenvalue weighted by Crippen LogP contribution is -2.28. The summed E-state index contributed by atoms with van der Waals surface area (Å²) in [7, 11) is 0. The third-order valence-electron chi connectivity index (χ3n) is 5.56. The molecule has 154 valence electrons. The van der Waals surface area contributed by atoms with Gasteiger partial charge < -0.3 is 15.2 Å². The minimum atomic E-state index is -0.587. The SMILES string of the molecule is CCOC(=O)C1=C(C)OC(N)=C(C#N)C1c1ccccc1CN1CCCCCC1. The van der Waals surface area contributed by atoms with E-state index in [1.54, 1.807) is 13.8 Å². The maximum atomic E-state index is 12.8. The summed E-state index contributed by atoms with van der Waals surface area (Å²) < 4.78 is 10.8. The number of nitrogens with two attached hydrogens (primary N) is 1. The molecule has 3 rings (SSSR count). The van der Waals surface area contributed by atoms with Crippen LogP contribution in [-0.4, -0.2) is 30.6 Å². The molecule has 0 spiro atoms. The topological polar surface area (TPSA) is 88.6 Å². The molecule has 2 aliphatic rings. The highest BCUT2D eigenvalue weighted by Crippen LogP contribution is 2.41. The number of likely N-dealkylation sites (tertiary alicyclic amines) is 1. The van der Waals surface area contributed by atoms with Gasteiger partial charge in [0.1, 0.15) is 17.4 Å². The fraction of sp³-hybridized carbons (Fsp3) is 0.478. The second kappa shape index (κ2) is 9.62. The van der Waals surface area contributed by atoms with Gasteiger partial charge in [-0.2, -0.15) is 5.26 Å². The summed E-state index contributed by atoms with van der Waals surface area (Å²) in [6.45, 7) is 6.60. The Morgan fingerprint density at radius 3 is 2.62 bits per heavy atom. The van der Waals surface area contributed by atoms with E-state index in [9.17, 15) is 10.1 Å². The van der Waals surface area contributed by atoms with Crippen molar-refractivity contribution in [2.45, 2.75) is 52.0 Å². The smallest absolute Gasteiger partial charge is 0.338 e. The van der Waals surface area contributed by atoms with Gasteiger partial charge in [0.05, 0.1) is 18.1 Å². The highest BCUT2D eigenvalue weighted by Gasteiger charge is 2.37. The van der Waals surface area contributed by atoms with E-state index in [0.717, 1.165) is 30.8 Å². The fourth-order valence-electron chi connectivity index (χ4n) is 4.16. The normalized spacial score (nSPS) is 20.7. The summed E-state index contributed by atoms with van der Waals surface area (Å²) in [6.07, 6.45) is 4.93. The van der Waals surface area contributed by atoms with Crippen LogP contribution in [0.15, 0.2) is 47.1 Å². The predicted octanol–water partition coefficient (Wildman–Crippen LogP) is 3.71. The molecule has 2 heterocycles. The molecular weight excluding hydrogens is 366 g/mol. The highest BCUT2D eigenvalue weighted by molar-refractivity contribution is 5.92. The van der Waals surface area contributed by atoms with Crippen LogP contribution < -0.4 is 5.73 Å². The van der Waals surface area contributed by atoms with E-state index in [0.29, 0.717) is 11.3 Å². The van der Waals surface area contributed by atoms with Crippen LogP contribution in [0.25, 0.3) is 0 Å². The summed E-state index contributed by atoms with van der Waals surface area (Å²) >= 11 is 0. The molecule has 1 fully saturated rings. The monoisotopic (exact) mass is 395 g/mol. The highest BCUT2D eigenvalue weighted by atomic mass is 16.5. The number of benzene rings is 1. The van der Waals surface area contributed by atoms with E-state index >= 15 is 0 Å². The van der Waals surface area contributed by atoms with Crippen molar-refractivity contribution in [3.8, 4) is 6.07 Å². The van der Waals surface area contributed by atoms with Crippen LogP contribution in [0, 0.1) is 11.3 Å². The van der Waals surface area contributed by atoms with Crippen LogP contribution >= 0.6 is 0 Å². The molecule has 1 aromatic rings. The number of hydrogen-bond acceptors (Lipinski definition) is 6. The lowest BCUT2D eigenvalue weighted by atomic mass is 9.81. The van der Waals surface area contributed by atoms with Crippen molar-refractivity contribution < 1.29 is 14.3 Å². The average Bonchev–Trinajstić information content (AvgIpc) is 2.97. The number of esters is 1. The number of nitriles is 1. The Bertz CT molecular complexity index is 858. The molecular formula is C23H29N3O3. The van der Waals surface area contributed by atoms with Crippen LogP contribution in [0.1, 0.15) is 56.6 Å². The molecule has 0 radical (unpaired) electrons. The first-order valence-electron chi connectivity index (χ1n) is 10.3. The molecule has 1 atom stereocenters. The molecule has 0 saturated carbocycles. The lowest BCUT2D eigenvalue weighted by molar-refractivity contribution is -0.139. The minimum absolute atomic E-state index is 0.0487. The Morgan fingerprint density at radius 2 is 1.97 bits per heavy atom. The fourth-order valence-corrected chi connectivity index (χ4v) is 4.16. The van der Waals surface area contributed by atoms with Crippen LogP contribution in [0.5, 0.6) is 0 Å². The number of hydrogen-bond donors (Lipinski definition) is 1. The van der Waals surface area contributed by atoms with Gasteiger partial charge in [0.2, 0.25) is 5.88 Å². The van der Waals surface area contributed by atoms with Crippen molar-refractivity contribution in [3.05, 3.63) is 58.2 Å². The number of carbonyl (C=O) groups is 1. The Hall–Kier alpha value is -2.78. The van der Waals surface area contributed by atoms with E-state index in [2.05, 4.69) is 17.0 Å². The predicted molar refractivity (Wildman–Crippen MR) is 110 cm³/mol. The zero-order valence-corrected chi connectivity index (χ0v) is 17.2. The zero-order valence-electron chi connectivity index (χ0n) is 17.2. The number of nitrogens with zero attached hydrogens (tertiary/aromatic N) is 2. The average molecular weight is 396 g/mol. The third-order valence-corrected chi connectivity index (χ3v) is 5.56. The van der Waals surface area contributed by atoms with Crippen LogP contribution in [0.3, 0.4) is 0 Å². The van der Waals surface area contributed by atoms with E-state index in [-0.39, 0.29) is 18.1 Å². The van der Waals surface area contributed by atoms with Gasteiger partial charge in [-0.05, 0) is 50.9 Å². The van der Waals surface area contributed by atoms with E-state index < -0.39 is 11.9 Å². The molecule has 0 aliphatic carbocycles. The first-order chi connectivity index (χ1) is 14.1. The van der Waals surface area contributed by atoms with Crippen molar-refractivity contribution in [2.75, 3.05) is 19.7 Å². The Kier molecular flexibility index (Phi) is 6.95. The summed E-state index contributed by atoms with van der Waals surface area (Å²) in [4.78, 5) is 15.2. The molecule has 6 heteroatoms. The van der Waals surface area contributed by atoms with E-state index in [1.165, 1.54) is 25.7 Å². The van der Waals surface area contributed by atoms with Gasteiger partial charge in [-0.1, -0.05) is 37.1 Å². The maximum Gasteiger partial charge on any atom is 0.338 e. The van der Waals surface area contributed by atoms with Gasteiger partial charge in [0, 0.05) is 6.54 Å². The number of ether oxygens (including phenoxy) is 2. The van der Waals surface area contributed by atoms with Crippen LogP contribution in [-0.2, 0) is 20.8 Å². The molecule has 2 aliphatic heterocycles. The second-order valence-electron chi connectivity index (χ2n) is 7.50. The van der Waals surface area contributed by atoms with Crippen LogP contribution in [0.4, 0.5) is 0 Å². The lowest BCUT2D eigenvalue weighted by Gasteiger charge is -2.29.